The Hall–Kier alpha value is -0.830. The van der Waals surface area contributed by atoms with Crippen LogP contribution in [0.25, 0.3) is 0 Å². The summed E-state index contributed by atoms with van der Waals surface area (Å²) in [4.78, 5) is 1.52. The molecule has 0 heterocycles. The van der Waals surface area contributed by atoms with Crippen LogP contribution in [0.1, 0.15) is 5.56 Å². The topological polar surface area (TPSA) is 3.24 Å². The number of hydrogen-bond donors (Lipinski definition) is 0. The predicted octanol–water partition coefficient (Wildman–Crippen LogP) is 3.13. The van der Waals surface area contributed by atoms with Gasteiger partial charge < -0.3 is 4.90 Å². The third kappa shape index (κ3) is 3.14. The van der Waals surface area contributed by atoms with Gasteiger partial charge in [0, 0.05) is 18.6 Å². The lowest BCUT2D eigenvalue weighted by Crippen LogP contribution is -2.23. The van der Waals surface area contributed by atoms with Gasteiger partial charge in [0.25, 0.3) is 6.43 Å². The van der Waals surface area contributed by atoms with Gasteiger partial charge in [-0.2, -0.15) is 0 Å². The zero-order chi connectivity index (χ0) is 10.6. The second-order valence-corrected chi connectivity index (χ2v) is 3.34. The van der Waals surface area contributed by atoms with Gasteiger partial charge in [0.2, 0.25) is 0 Å². The molecule has 0 N–H and O–H groups in total. The number of benzene rings is 1. The molecule has 78 valence electrons. The van der Waals surface area contributed by atoms with Crippen LogP contribution in [-0.4, -0.2) is 20.0 Å². The maximum Gasteiger partial charge on any atom is 0.255 e. The van der Waals surface area contributed by atoms with Crippen molar-refractivity contribution in [3.63, 3.8) is 0 Å². The molecule has 1 nitrogen and oxygen atoms in total. The van der Waals surface area contributed by atoms with Crippen LogP contribution >= 0.6 is 11.6 Å². The van der Waals surface area contributed by atoms with E-state index in [1.165, 1.54) is 4.90 Å². The molecule has 0 saturated heterocycles. The molecule has 0 aliphatic rings. The Bertz CT molecular complexity index is 274. The van der Waals surface area contributed by atoms with E-state index in [1.807, 2.05) is 12.1 Å². The fourth-order valence-corrected chi connectivity index (χ4v) is 1.33. The Labute approximate surface area is 87.3 Å². The van der Waals surface area contributed by atoms with Gasteiger partial charge in [-0.15, -0.1) is 11.6 Å². The van der Waals surface area contributed by atoms with Crippen molar-refractivity contribution in [1.29, 1.82) is 0 Å². The lowest BCUT2D eigenvalue weighted by Gasteiger charge is -2.18. The van der Waals surface area contributed by atoms with Gasteiger partial charge in [-0.1, -0.05) is 12.1 Å². The smallest absolute Gasteiger partial charge is 0.255 e. The summed E-state index contributed by atoms with van der Waals surface area (Å²) in [6, 6.07) is 7.26. The maximum absolute atomic E-state index is 12.1. The van der Waals surface area contributed by atoms with Crippen molar-refractivity contribution in [2.24, 2.45) is 0 Å². The average Bonchev–Trinajstić information content (AvgIpc) is 2.17. The summed E-state index contributed by atoms with van der Waals surface area (Å²) in [5.41, 5.74) is 1.76. The van der Waals surface area contributed by atoms with Crippen LogP contribution in [0.3, 0.4) is 0 Å². The summed E-state index contributed by atoms with van der Waals surface area (Å²) in [5.74, 6) is 0.443. The number of anilines is 1. The van der Waals surface area contributed by atoms with Crippen molar-refractivity contribution in [3.05, 3.63) is 29.8 Å². The highest BCUT2D eigenvalue weighted by Gasteiger charge is 2.07. The number of halogens is 3. The first-order chi connectivity index (χ1) is 6.63. The Morgan fingerprint density at radius 3 is 2.29 bits per heavy atom. The van der Waals surface area contributed by atoms with Crippen molar-refractivity contribution in [2.75, 3.05) is 18.5 Å². The first kappa shape index (κ1) is 11.2. The lowest BCUT2D eigenvalue weighted by molar-refractivity contribution is 0.156. The molecule has 0 bridgehead atoms. The van der Waals surface area contributed by atoms with Crippen molar-refractivity contribution in [2.45, 2.75) is 12.3 Å². The summed E-state index contributed by atoms with van der Waals surface area (Å²) in [5, 5.41) is 0. The van der Waals surface area contributed by atoms with E-state index in [1.54, 1.807) is 19.2 Å². The van der Waals surface area contributed by atoms with Crippen LogP contribution in [0.15, 0.2) is 24.3 Å². The minimum Gasteiger partial charge on any atom is -0.369 e. The highest BCUT2D eigenvalue weighted by Crippen LogP contribution is 2.15. The van der Waals surface area contributed by atoms with E-state index < -0.39 is 6.43 Å². The van der Waals surface area contributed by atoms with Gasteiger partial charge in [0.1, 0.15) is 0 Å². The van der Waals surface area contributed by atoms with Gasteiger partial charge in [-0.05, 0) is 17.7 Å². The van der Waals surface area contributed by atoms with Gasteiger partial charge in [0.15, 0.2) is 0 Å². The largest absolute Gasteiger partial charge is 0.369 e. The van der Waals surface area contributed by atoms with E-state index in [-0.39, 0.29) is 6.54 Å². The molecule has 1 aromatic rings. The van der Waals surface area contributed by atoms with E-state index in [9.17, 15) is 8.78 Å². The van der Waals surface area contributed by atoms with E-state index >= 15 is 0 Å². The van der Waals surface area contributed by atoms with E-state index in [2.05, 4.69) is 0 Å². The second kappa shape index (κ2) is 5.15. The van der Waals surface area contributed by atoms with Gasteiger partial charge in [0.05, 0.1) is 6.54 Å². The maximum atomic E-state index is 12.1. The fraction of sp³-hybridized carbons (Fsp3) is 0.400. The van der Waals surface area contributed by atoms with Crippen LogP contribution < -0.4 is 4.90 Å². The molecule has 0 aromatic heterocycles. The van der Waals surface area contributed by atoms with Crippen molar-refractivity contribution >= 4 is 17.3 Å². The quantitative estimate of drug-likeness (QED) is 0.704. The van der Waals surface area contributed by atoms with Crippen LogP contribution in [0, 0.1) is 0 Å². The van der Waals surface area contributed by atoms with Gasteiger partial charge in [-0.3, -0.25) is 0 Å². The number of hydrogen-bond acceptors (Lipinski definition) is 1. The zero-order valence-corrected chi connectivity index (χ0v) is 8.64. The zero-order valence-electron chi connectivity index (χ0n) is 7.88. The molecule has 1 rings (SSSR count). The Morgan fingerprint density at radius 1 is 1.29 bits per heavy atom. The molecule has 0 aliphatic carbocycles. The van der Waals surface area contributed by atoms with Crippen molar-refractivity contribution in [1.82, 2.24) is 0 Å². The minimum atomic E-state index is -2.31. The first-order valence-corrected chi connectivity index (χ1v) is 4.81. The normalized spacial score (nSPS) is 10.6. The van der Waals surface area contributed by atoms with E-state index in [4.69, 9.17) is 11.6 Å². The van der Waals surface area contributed by atoms with Crippen molar-refractivity contribution < 1.29 is 8.78 Å². The lowest BCUT2D eigenvalue weighted by atomic mass is 10.2. The minimum absolute atomic E-state index is 0.250. The molecule has 0 amide bonds. The molecular formula is C10H12ClF2N. The van der Waals surface area contributed by atoms with Gasteiger partial charge >= 0.3 is 0 Å². The van der Waals surface area contributed by atoms with Gasteiger partial charge in [-0.25, -0.2) is 8.78 Å². The molecule has 14 heavy (non-hydrogen) atoms. The summed E-state index contributed by atoms with van der Waals surface area (Å²) in [6.07, 6.45) is -2.31. The molecule has 4 heteroatoms. The molecule has 0 spiro atoms. The Kier molecular flexibility index (Phi) is 4.14. The molecular weight excluding hydrogens is 208 g/mol. The third-order valence-corrected chi connectivity index (χ3v) is 2.25. The van der Waals surface area contributed by atoms with Crippen LogP contribution in [0.2, 0.25) is 0 Å². The van der Waals surface area contributed by atoms with Crippen LogP contribution in [0.5, 0.6) is 0 Å². The van der Waals surface area contributed by atoms with E-state index in [0.717, 1.165) is 11.3 Å². The summed E-state index contributed by atoms with van der Waals surface area (Å²) < 4.78 is 24.1. The molecule has 0 saturated carbocycles. The average molecular weight is 220 g/mol. The number of rotatable bonds is 4. The summed E-state index contributed by atoms with van der Waals surface area (Å²) in [6.45, 7) is -0.250. The molecule has 1 aromatic carbocycles. The molecule has 0 fully saturated rings. The monoisotopic (exact) mass is 219 g/mol. The highest BCUT2D eigenvalue weighted by molar-refractivity contribution is 6.17. The summed E-state index contributed by atoms with van der Waals surface area (Å²) in [7, 11) is 1.64. The fourth-order valence-electron chi connectivity index (χ4n) is 1.15. The number of alkyl halides is 3. The Balaban J connectivity index is 2.66. The van der Waals surface area contributed by atoms with Crippen molar-refractivity contribution in [3.8, 4) is 0 Å². The molecule has 0 unspecified atom stereocenters. The van der Waals surface area contributed by atoms with Crippen LogP contribution in [0.4, 0.5) is 14.5 Å². The second-order valence-electron chi connectivity index (χ2n) is 3.07. The standard InChI is InChI=1S/C10H12ClF2N/c1-14(7-10(12)13)9-4-2-8(6-11)3-5-9/h2-5,10H,6-7H2,1H3. The Morgan fingerprint density at radius 2 is 1.86 bits per heavy atom. The SMILES string of the molecule is CN(CC(F)F)c1ccc(CCl)cc1. The molecule has 0 radical (unpaired) electrons. The number of nitrogens with zero attached hydrogens (tertiary/aromatic N) is 1. The van der Waals surface area contributed by atoms with Crippen LogP contribution in [-0.2, 0) is 5.88 Å². The summed E-state index contributed by atoms with van der Waals surface area (Å²) >= 11 is 5.61. The third-order valence-electron chi connectivity index (χ3n) is 1.94. The predicted molar refractivity (Wildman–Crippen MR) is 55.3 cm³/mol. The first-order valence-electron chi connectivity index (χ1n) is 4.27. The highest BCUT2D eigenvalue weighted by atomic mass is 35.5. The molecule has 0 aliphatic heterocycles. The molecule has 0 atom stereocenters. The van der Waals surface area contributed by atoms with E-state index in [0.29, 0.717) is 5.88 Å².